The van der Waals surface area contributed by atoms with E-state index in [4.69, 9.17) is 21.1 Å². The summed E-state index contributed by atoms with van der Waals surface area (Å²) in [5.74, 6) is -0.0486. The zero-order valence-electron chi connectivity index (χ0n) is 24.8. The van der Waals surface area contributed by atoms with Crippen LogP contribution in [0.3, 0.4) is 0 Å². The van der Waals surface area contributed by atoms with E-state index in [0.29, 0.717) is 35.1 Å². The van der Waals surface area contributed by atoms with Gasteiger partial charge in [-0.25, -0.2) is 0 Å². The van der Waals surface area contributed by atoms with Gasteiger partial charge in [-0.15, -0.1) is 0 Å². The van der Waals surface area contributed by atoms with Crippen molar-refractivity contribution in [3.63, 3.8) is 0 Å². The number of carbonyl (C=O) groups is 3. The molecule has 3 aromatic rings. The lowest BCUT2D eigenvalue weighted by Crippen LogP contribution is -2.53. The van der Waals surface area contributed by atoms with Gasteiger partial charge in [0.05, 0.1) is 12.7 Å². The minimum Gasteiger partial charge on any atom is -0.497 e. The number of carbonyl (C=O) groups excluding carboxylic acids is 3. The van der Waals surface area contributed by atoms with Crippen LogP contribution in [0.4, 0.5) is 5.69 Å². The number of hydrogen-bond acceptors (Lipinski definition) is 5. The third kappa shape index (κ3) is 10.1. The fourth-order valence-corrected chi connectivity index (χ4v) is 4.53. The van der Waals surface area contributed by atoms with E-state index in [1.807, 2.05) is 58.0 Å². The Balaban J connectivity index is 1.76. The van der Waals surface area contributed by atoms with E-state index >= 15 is 0 Å². The van der Waals surface area contributed by atoms with Crippen LogP contribution in [0.15, 0.2) is 72.8 Å². The topological polar surface area (TPSA) is 106 Å². The molecule has 0 unspecified atom stereocenters. The second-order valence-corrected chi connectivity index (χ2v) is 11.4. The average molecular weight is 594 g/mol. The Morgan fingerprint density at radius 2 is 1.40 bits per heavy atom. The lowest BCUT2D eigenvalue weighted by molar-refractivity contribution is -0.128. The van der Waals surface area contributed by atoms with Gasteiger partial charge in [0.1, 0.15) is 30.2 Å². The molecule has 0 aromatic heterocycles. The first-order valence-corrected chi connectivity index (χ1v) is 14.5. The van der Waals surface area contributed by atoms with Crippen LogP contribution < -0.4 is 25.4 Å². The van der Waals surface area contributed by atoms with Crippen molar-refractivity contribution in [3.8, 4) is 11.5 Å². The van der Waals surface area contributed by atoms with Crippen LogP contribution in [-0.2, 0) is 16.2 Å². The van der Waals surface area contributed by atoms with Gasteiger partial charge in [0.25, 0.3) is 5.91 Å². The Labute approximate surface area is 253 Å². The summed E-state index contributed by atoms with van der Waals surface area (Å²) in [6.07, 6.45) is 0.786. The molecule has 42 heavy (non-hydrogen) atoms. The monoisotopic (exact) mass is 593 g/mol. The average Bonchev–Trinajstić information content (AvgIpc) is 2.96. The molecule has 3 amide bonds. The maximum atomic E-state index is 13.6. The van der Waals surface area contributed by atoms with Gasteiger partial charge in [0.15, 0.2) is 0 Å². The number of benzene rings is 3. The third-order valence-corrected chi connectivity index (χ3v) is 6.69. The summed E-state index contributed by atoms with van der Waals surface area (Å²) >= 11 is 6.23. The molecule has 0 aliphatic rings. The predicted molar refractivity (Wildman–Crippen MR) is 166 cm³/mol. The molecular formula is C33H40ClN3O5. The number of amides is 3. The summed E-state index contributed by atoms with van der Waals surface area (Å²) in [4.78, 5) is 40.3. The quantitative estimate of drug-likeness (QED) is 0.205. The Morgan fingerprint density at radius 3 is 2.00 bits per heavy atom. The zero-order chi connectivity index (χ0) is 30.6. The summed E-state index contributed by atoms with van der Waals surface area (Å²) in [5, 5.41) is 8.96. The minimum absolute atomic E-state index is 0.0888. The standard InChI is InChI=1S/C33H40ClN3O5/c1-21(2)17-28(32(39)35-25-12-14-26(41-5)15-13-25)37-33(40)29(18-22(3)4)36-31(38)27-19-24(34)11-16-30(27)42-20-23-9-7-6-8-10-23/h6-16,19,21-22,28-29H,17-18,20H2,1-5H3,(H,35,39)(H,36,38)(H,37,40)/t28-,29-/m0/s1. The number of methoxy groups -OCH3 is 1. The zero-order valence-corrected chi connectivity index (χ0v) is 25.5. The normalized spacial score (nSPS) is 12.4. The van der Waals surface area contributed by atoms with Crippen LogP contribution in [0.1, 0.15) is 56.5 Å². The van der Waals surface area contributed by atoms with Crippen LogP contribution in [0.5, 0.6) is 11.5 Å². The van der Waals surface area contributed by atoms with Gasteiger partial charge in [-0.3, -0.25) is 14.4 Å². The highest BCUT2D eigenvalue weighted by Crippen LogP contribution is 2.25. The van der Waals surface area contributed by atoms with Crippen molar-refractivity contribution in [2.24, 2.45) is 11.8 Å². The van der Waals surface area contributed by atoms with Crippen molar-refractivity contribution in [1.29, 1.82) is 0 Å². The molecule has 9 heteroatoms. The van der Waals surface area contributed by atoms with Crippen molar-refractivity contribution < 1.29 is 23.9 Å². The summed E-state index contributed by atoms with van der Waals surface area (Å²) < 4.78 is 11.1. The van der Waals surface area contributed by atoms with Crippen molar-refractivity contribution in [3.05, 3.63) is 88.9 Å². The van der Waals surface area contributed by atoms with Crippen molar-refractivity contribution >= 4 is 35.0 Å². The molecule has 3 N–H and O–H groups in total. The fraction of sp³-hybridized carbons (Fsp3) is 0.364. The molecule has 0 heterocycles. The summed E-state index contributed by atoms with van der Waals surface area (Å²) in [7, 11) is 1.57. The van der Waals surface area contributed by atoms with Crippen LogP contribution in [0.2, 0.25) is 5.02 Å². The van der Waals surface area contributed by atoms with E-state index in [2.05, 4.69) is 16.0 Å². The molecule has 8 nitrogen and oxygen atoms in total. The Morgan fingerprint density at radius 1 is 0.786 bits per heavy atom. The number of anilines is 1. The number of halogens is 1. The van der Waals surface area contributed by atoms with Gasteiger partial charge < -0.3 is 25.4 Å². The molecule has 0 aliphatic heterocycles. The largest absolute Gasteiger partial charge is 0.497 e. The first kappa shape index (κ1) is 32.5. The van der Waals surface area contributed by atoms with Gasteiger partial charge >= 0.3 is 0 Å². The lowest BCUT2D eigenvalue weighted by atomic mass is 9.99. The van der Waals surface area contributed by atoms with Gasteiger partial charge in [0, 0.05) is 10.7 Å². The smallest absolute Gasteiger partial charge is 0.255 e. The SMILES string of the molecule is COc1ccc(NC(=O)[C@H](CC(C)C)NC(=O)[C@H](CC(C)C)NC(=O)c2cc(Cl)ccc2OCc2ccccc2)cc1. The van der Waals surface area contributed by atoms with E-state index in [1.165, 1.54) is 6.07 Å². The molecule has 0 bridgehead atoms. The molecule has 0 radical (unpaired) electrons. The van der Waals surface area contributed by atoms with E-state index in [1.54, 1.807) is 43.5 Å². The number of nitrogens with one attached hydrogen (secondary N) is 3. The molecule has 0 spiro atoms. The van der Waals surface area contributed by atoms with Crippen molar-refractivity contribution in [2.75, 3.05) is 12.4 Å². The molecule has 0 fully saturated rings. The van der Waals surface area contributed by atoms with E-state index in [9.17, 15) is 14.4 Å². The highest BCUT2D eigenvalue weighted by atomic mass is 35.5. The number of rotatable bonds is 14. The van der Waals surface area contributed by atoms with Crippen LogP contribution >= 0.6 is 11.6 Å². The minimum atomic E-state index is -0.887. The molecule has 0 saturated heterocycles. The first-order valence-electron chi connectivity index (χ1n) is 14.1. The Hall–Kier alpha value is -4.04. The molecule has 3 aromatic carbocycles. The fourth-order valence-electron chi connectivity index (χ4n) is 4.36. The number of ether oxygens (including phenoxy) is 2. The van der Waals surface area contributed by atoms with Crippen LogP contribution in [-0.4, -0.2) is 36.9 Å². The molecule has 0 saturated carbocycles. The van der Waals surface area contributed by atoms with E-state index in [-0.39, 0.29) is 29.9 Å². The molecule has 0 aliphatic carbocycles. The summed E-state index contributed by atoms with van der Waals surface area (Å²) in [5.41, 5.74) is 1.75. The molecular weight excluding hydrogens is 554 g/mol. The second kappa shape index (κ2) is 15.8. The predicted octanol–water partition coefficient (Wildman–Crippen LogP) is 6.24. The van der Waals surface area contributed by atoms with Crippen molar-refractivity contribution in [2.45, 2.75) is 59.2 Å². The molecule has 2 atom stereocenters. The Kier molecular flexibility index (Phi) is 12.2. The van der Waals surface area contributed by atoms with Gasteiger partial charge in [-0.05, 0) is 72.7 Å². The van der Waals surface area contributed by atoms with Crippen molar-refractivity contribution in [1.82, 2.24) is 10.6 Å². The maximum absolute atomic E-state index is 13.6. The molecule has 3 rings (SSSR count). The third-order valence-electron chi connectivity index (χ3n) is 6.45. The van der Waals surface area contributed by atoms with Gasteiger partial charge in [-0.2, -0.15) is 0 Å². The summed E-state index contributed by atoms with van der Waals surface area (Å²) in [6, 6.07) is 19.7. The van der Waals surface area contributed by atoms with E-state index < -0.39 is 23.9 Å². The number of hydrogen-bond donors (Lipinski definition) is 3. The first-order chi connectivity index (χ1) is 20.0. The van der Waals surface area contributed by atoms with Crippen LogP contribution in [0, 0.1) is 11.8 Å². The Bertz CT molecular complexity index is 1330. The highest BCUT2D eigenvalue weighted by Gasteiger charge is 2.29. The summed E-state index contributed by atoms with van der Waals surface area (Å²) in [6.45, 7) is 8.13. The highest BCUT2D eigenvalue weighted by molar-refractivity contribution is 6.31. The lowest BCUT2D eigenvalue weighted by Gasteiger charge is -2.25. The maximum Gasteiger partial charge on any atom is 0.255 e. The van der Waals surface area contributed by atoms with Gasteiger partial charge in [-0.1, -0.05) is 69.6 Å². The van der Waals surface area contributed by atoms with Gasteiger partial charge in [0.2, 0.25) is 11.8 Å². The van der Waals surface area contributed by atoms with E-state index in [0.717, 1.165) is 5.56 Å². The molecule has 224 valence electrons. The second-order valence-electron chi connectivity index (χ2n) is 11.0. The van der Waals surface area contributed by atoms with Crippen LogP contribution in [0.25, 0.3) is 0 Å².